The largest absolute Gasteiger partial charge is 0.481 e. The number of hydrogen-bond acceptors (Lipinski definition) is 5. The molecule has 0 aliphatic rings. The lowest BCUT2D eigenvalue weighted by Crippen LogP contribution is -2.25. The molecule has 6 heteroatoms. The lowest BCUT2D eigenvalue weighted by molar-refractivity contribution is -0.152. The van der Waals surface area contributed by atoms with E-state index in [9.17, 15) is 14.7 Å². The van der Waals surface area contributed by atoms with E-state index >= 15 is 0 Å². The first kappa shape index (κ1) is 37.6. The fourth-order valence-corrected chi connectivity index (χ4v) is 4.92. The number of hydrogen-bond donors (Lipinski definition) is 3. The minimum absolute atomic E-state index is 0.123. The number of aliphatic hydroxyl groups excluding tert-OH is 2. The van der Waals surface area contributed by atoms with E-state index in [-0.39, 0.29) is 24.9 Å². The fourth-order valence-electron chi connectivity index (χ4n) is 4.92. The molecule has 0 heterocycles. The molecular weight excluding hydrogens is 492 g/mol. The molecule has 39 heavy (non-hydrogen) atoms. The Kier molecular flexibility index (Phi) is 28.5. The topological polar surface area (TPSA) is 104 Å². The van der Waals surface area contributed by atoms with Gasteiger partial charge in [0.15, 0.2) is 0 Å². The minimum atomic E-state index is -1.01. The molecule has 0 aliphatic heterocycles. The molecule has 0 saturated carbocycles. The van der Waals surface area contributed by atoms with Crippen molar-refractivity contribution < 1.29 is 29.6 Å². The number of allylic oxidation sites excluding steroid dienone is 2. The molecule has 0 aromatic heterocycles. The summed E-state index contributed by atoms with van der Waals surface area (Å²) in [6, 6.07) is 0. The average molecular weight is 555 g/mol. The Bertz CT molecular complexity index is 577. The van der Waals surface area contributed by atoms with Gasteiger partial charge in [-0.25, -0.2) is 0 Å². The van der Waals surface area contributed by atoms with Gasteiger partial charge in [-0.05, 0) is 44.9 Å². The third-order valence-corrected chi connectivity index (χ3v) is 7.47. The van der Waals surface area contributed by atoms with Crippen molar-refractivity contribution in [1.82, 2.24) is 0 Å². The molecule has 6 nitrogen and oxygen atoms in total. The summed E-state index contributed by atoms with van der Waals surface area (Å²) in [4.78, 5) is 23.1. The van der Waals surface area contributed by atoms with Crippen LogP contribution in [0, 0.1) is 5.92 Å². The van der Waals surface area contributed by atoms with Crippen LogP contribution in [-0.4, -0.2) is 46.6 Å². The van der Waals surface area contributed by atoms with E-state index in [0.717, 1.165) is 77.0 Å². The van der Waals surface area contributed by atoms with Gasteiger partial charge in [0.1, 0.15) is 12.7 Å². The van der Waals surface area contributed by atoms with Gasteiger partial charge in [-0.2, -0.15) is 0 Å². The third kappa shape index (κ3) is 27.9. The molecule has 230 valence electrons. The smallest absolute Gasteiger partial charge is 0.309 e. The van der Waals surface area contributed by atoms with Gasteiger partial charge < -0.3 is 20.1 Å². The van der Waals surface area contributed by atoms with Gasteiger partial charge in [0.2, 0.25) is 0 Å². The van der Waals surface area contributed by atoms with Crippen LogP contribution in [0.2, 0.25) is 0 Å². The van der Waals surface area contributed by atoms with E-state index < -0.39 is 18.7 Å². The summed E-state index contributed by atoms with van der Waals surface area (Å²) in [7, 11) is 0. The lowest BCUT2D eigenvalue weighted by atomic mass is 9.94. The number of ether oxygens (including phenoxy) is 1. The van der Waals surface area contributed by atoms with Gasteiger partial charge in [-0.3, -0.25) is 9.59 Å². The Hall–Kier alpha value is -1.40. The van der Waals surface area contributed by atoms with Crippen LogP contribution in [0.15, 0.2) is 12.2 Å². The first-order valence-corrected chi connectivity index (χ1v) is 16.3. The molecule has 0 spiro atoms. The van der Waals surface area contributed by atoms with Crippen molar-refractivity contribution in [2.75, 3.05) is 13.2 Å². The summed E-state index contributed by atoms with van der Waals surface area (Å²) >= 11 is 0. The van der Waals surface area contributed by atoms with Crippen molar-refractivity contribution in [1.29, 1.82) is 0 Å². The highest BCUT2D eigenvalue weighted by Gasteiger charge is 2.20. The predicted octanol–water partition coefficient (Wildman–Crippen LogP) is 8.52. The molecular formula is C33H62O6. The average Bonchev–Trinajstić information content (AvgIpc) is 2.93. The molecule has 0 aromatic rings. The van der Waals surface area contributed by atoms with Gasteiger partial charge in [-0.1, -0.05) is 122 Å². The normalized spacial score (nSPS) is 13.1. The number of rotatable bonds is 30. The van der Waals surface area contributed by atoms with E-state index in [4.69, 9.17) is 14.9 Å². The van der Waals surface area contributed by atoms with Crippen molar-refractivity contribution in [2.45, 2.75) is 167 Å². The predicted molar refractivity (Wildman–Crippen MR) is 161 cm³/mol. The van der Waals surface area contributed by atoms with Crippen molar-refractivity contribution in [3.05, 3.63) is 12.2 Å². The van der Waals surface area contributed by atoms with Crippen molar-refractivity contribution in [3.63, 3.8) is 0 Å². The van der Waals surface area contributed by atoms with Crippen LogP contribution in [0.4, 0.5) is 0 Å². The molecule has 0 bridgehead atoms. The van der Waals surface area contributed by atoms with Gasteiger partial charge in [0.25, 0.3) is 0 Å². The molecule has 0 fully saturated rings. The van der Waals surface area contributed by atoms with Crippen LogP contribution in [0.3, 0.4) is 0 Å². The summed E-state index contributed by atoms with van der Waals surface area (Å²) in [5.74, 6) is -1.06. The second-order valence-corrected chi connectivity index (χ2v) is 11.3. The Morgan fingerprint density at radius 1 is 0.667 bits per heavy atom. The Balaban J connectivity index is 3.98. The second kappa shape index (κ2) is 29.6. The van der Waals surface area contributed by atoms with E-state index in [1.807, 2.05) is 0 Å². The summed E-state index contributed by atoms with van der Waals surface area (Å²) in [6.07, 6.45) is 30.2. The zero-order valence-electron chi connectivity index (χ0n) is 25.3. The number of carbonyl (C=O) groups is 2. The summed E-state index contributed by atoms with van der Waals surface area (Å²) in [5.41, 5.74) is 0. The molecule has 0 saturated heterocycles. The fraction of sp³-hybridized carbons (Fsp3) is 0.879. The highest BCUT2D eigenvalue weighted by molar-refractivity contribution is 5.72. The minimum Gasteiger partial charge on any atom is -0.481 e. The number of aliphatic carboxylic acids is 1. The Morgan fingerprint density at radius 2 is 1.10 bits per heavy atom. The first-order valence-electron chi connectivity index (χ1n) is 16.3. The van der Waals surface area contributed by atoms with Gasteiger partial charge in [0, 0.05) is 6.42 Å². The monoisotopic (exact) mass is 554 g/mol. The van der Waals surface area contributed by atoms with E-state index in [0.29, 0.717) is 0 Å². The lowest BCUT2D eigenvalue weighted by Gasteiger charge is -2.17. The van der Waals surface area contributed by atoms with Crippen molar-refractivity contribution >= 4 is 11.9 Å². The third-order valence-electron chi connectivity index (χ3n) is 7.47. The number of aliphatic hydroxyl groups is 2. The highest BCUT2D eigenvalue weighted by atomic mass is 16.5. The van der Waals surface area contributed by atoms with Crippen LogP contribution in [-0.2, 0) is 14.3 Å². The van der Waals surface area contributed by atoms with E-state index in [2.05, 4.69) is 19.1 Å². The first-order chi connectivity index (χ1) is 19.0. The quantitative estimate of drug-likeness (QED) is 0.0467. The number of carboxylic acid groups (broad SMARTS) is 1. The molecule has 3 N–H and O–H groups in total. The zero-order valence-corrected chi connectivity index (χ0v) is 25.3. The molecule has 2 atom stereocenters. The molecule has 2 unspecified atom stereocenters. The van der Waals surface area contributed by atoms with Crippen LogP contribution in [0.5, 0.6) is 0 Å². The van der Waals surface area contributed by atoms with Gasteiger partial charge in [-0.15, -0.1) is 0 Å². The summed E-state index contributed by atoms with van der Waals surface area (Å²) < 4.78 is 5.29. The van der Waals surface area contributed by atoms with Crippen molar-refractivity contribution in [2.24, 2.45) is 5.92 Å². The molecule has 0 aliphatic carbocycles. The van der Waals surface area contributed by atoms with Crippen LogP contribution in [0.25, 0.3) is 0 Å². The molecule has 0 radical (unpaired) electrons. The maximum absolute atomic E-state index is 12.6. The number of carbonyl (C=O) groups excluding carboxylic acids is 1. The van der Waals surface area contributed by atoms with E-state index in [1.165, 1.54) is 70.6 Å². The zero-order chi connectivity index (χ0) is 28.8. The molecule has 0 amide bonds. The number of carboxylic acids is 1. The van der Waals surface area contributed by atoms with Crippen LogP contribution >= 0.6 is 0 Å². The highest BCUT2D eigenvalue weighted by Crippen LogP contribution is 2.21. The maximum atomic E-state index is 12.6. The Labute approximate surface area is 240 Å². The van der Waals surface area contributed by atoms with Gasteiger partial charge in [0.05, 0.1) is 12.5 Å². The maximum Gasteiger partial charge on any atom is 0.309 e. The molecule has 0 aromatic carbocycles. The second-order valence-electron chi connectivity index (χ2n) is 11.3. The van der Waals surface area contributed by atoms with E-state index in [1.54, 1.807) is 0 Å². The van der Waals surface area contributed by atoms with Crippen molar-refractivity contribution in [3.8, 4) is 0 Å². The Morgan fingerprint density at radius 3 is 1.56 bits per heavy atom. The number of unbranched alkanes of at least 4 members (excludes halogenated alkanes) is 18. The van der Waals surface area contributed by atoms with Crippen LogP contribution in [0.1, 0.15) is 161 Å². The van der Waals surface area contributed by atoms with Crippen LogP contribution < -0.4 is 0 Å². The standard InChI is InChI=1S/C33H62O6/c1-2-3-4-5-6-7-8-9-10-11-13-16-19-22-25-30(33(38)39-29-31(35)28-34)26-23-20-17-14-12-15-18-21-24-27-32(36)37/h9-10,30-31,34-35H,2-8,11-29H2,1H3,(H,36,37). The molecule has 0 rings (SSSR count). The summed E-state index contributed by atoms with van der Waals surface area (Å²) in [6.45, 7) is 1.72. The summed E-state index contributed by atoms with van der Waals surface area (Å²) in [5, 5.41) is 27.2. The SMILES string of the molecule is CCCCCCCCC=CCCCCCCC(CCCCCCCCCCCC(=O)O)C(=O)OCC(O)CO. The number of esters is 1. The van der Waals surface area contributed by atoms with Gasteiger partial charge >= 0.3 is 11.9 Å².